The Morgan fingerprint density at radius 1 is 0.941 bits per heavy atom. The van der Waals surface area contributed by atoms with Crippen molar-refractivity contribution in [2.45, 2.75) is 62.9 Å². The predicted octanol–water partition coefficient (Wildman–Crippen LogP) is 4.14. The van der Waals surface area contributed by atoms with Gasteiger partial charge in [-0.3, -0.25) is 19.2 Å². The first kappa shape index (κ1) is 34.4. The minimum atomic E-state index is -1.52. The number of allylic oxidation sites excluding steroid dienone is 1. The number of amides is 3. The molecule has 10 heteroatoms. The first-order valence-corrected chi connectivity index (χ1v) is 17.6. The van der Waals surface area contributed by atoms with Crippen molar-refractivity contribution >= 4 is 29.4 Å². The largest absolute Gasteiger partial charge is 0.463 e. The fourth-order valence-electron chi connectivity index (χ4n) is 8.13. The summed E-state index contributed by atoms with van der Waals surface area (Å²) < 4.78 is 12.5. The number of carbonyl (C=O) groups excluding carboxylic acids is 4. The van der Waals surface area contributed by atoms with Crippen LogP contribution in [0.2, 0.25) is 0 Å². The normalized spacial score (nSPS) is 29.1. The fourth-order valence-corrected chi connectivity index (χ4v) is 8.13. The zero-order valence-electron chi connectivity index (χ0n) is 28.8. The number of carbonyl (C=O) groups is 4. The van der Waals surface area contributed by atoms with Gasteiger partial charge < -0.3 is 29.7 Å². The Kier molecular flexibility index (Phi) is 9.63. The molecule has 3 aromatic carbocycles. The summed E-state index contributed by atoms with van der Waals surface area (Å²) in [6, 6.07) is 22.0. The number of aryl methyl sites for hydroxylation is 2. The smallest absolute Gasteiger partial charge is 0.306 e. The second-order valence-corrected chi connectivity index (χ2v) is 13.9. The molecule has 0 aliphatic carbocycles. The summed E-state index contributed by atoms with van der Waals surface area (Å²) in [7, 11) is 0. The van der Waals surface area contributed by atoms with E-state index in [-0.39, 0.29) is 25.5 Å². The maximum Gasteiger partial charge on any atom is 0.306 e. The summed E-state index contributed by atoms with van der Waals surface area (Å²) in [6.07, 6.45) is 7.06. The number of hydrogen-bond acceptors (Lipinski definition) is 7. The van der Waals surface area contributed by atoms with Crippen molar-refractivity contribution in [3.63, 3.8) is 0 Å². The van der Waals surface area contributed by atoms with Gasteiger partial charge in [-0.1, -0.05) is 97.1 Å². The molecular formula is C41H43N3O7. The molecule has 1 spiro atoms. The van der Waals surface area contributed by atoms with Gasteiger partial charge in [-0.25, -0.2) is 0 Å². The van der Waals surface area contributed by atoms with E-state index < -0.39 is 66.1 Å². The van der Waals surface area contributed by atoms with Gasteiger partial charge in [-0.05, 0) is 55.0 Å². The molecule has 4 heterocycles. The van der Waals surface area contributed by atoms with Gasteiger partial charge in [0.1, 0.15) is 18.2 Å². The lowest BCUT2D eigenvalue weighted by atomic mass is 9.77. The van der Waals surface area contributed by atoms with Crippen LogP contribution in [-0.4, -0.2) is 77.2 Å². The first-order chi connectivity index (χ1) is 24.7. The third-order valence-corrected chi connectivity index (χ3v) is 10.6. The Morgan fingerprint density at radius 2 is 1.69 bits per heavy atom. The number of fused-ring (bicyclic) bond motifs is 2. The van der Waals surface area contributed by atoms with Gasteiger partial charge in [0.25, 0.3) is 5.91 Å². The van der Waals surface area contributed by atoms with Crippen LogP contribution in [0.25, 0.3) is 0 Å². The Labute approximate surface area is 297 Å². The summed E-state index contributed by atoms with van der Waals surface area (Å²) in [6.45, 7) is 3.65. The molecule has 0 saturated carbocycles. The van der Waals surface area contributed by atoms with Gasteiger partial charge in [0, 0.05) is 18.7 Å². The second kappa shape index (κ2) is 14.3. The molecule has 4 aliphatic rings. The van der Waals surface area contributed by atoms with E-state index in [0.29, 0.717) is 12.8 Å². The minimum Gasteiger partial charge on any atom is -0.463 e. The molecule has 51 heavy (non-hydrogen) atoms. The number of ether oxygens (including phenoxy) is 2. The van der Waals surface area contributed by atoms with E-state index in [1.165, 1.54) is 4.90 Å². The van der Waals surface area contributed by atoms with Crippen molar-refractivity contribution in [3.8, 4) is 0 Å². The van der Waals surface area contributed by atoms with Crippen LogP contribution in [-0.2, 0) is 35.1 Å². The number of benzene rings is 3. The highest BCUT2D eigenvalue weighted by Crippen LogP contribution is 2.54. The first-order valence-electron chi connectivity index (χ1n) is 17.6. The van der Waals surface area contributed by atoms with Crippen molar-refractivity contribution in [2.75, 3.05) is 24.7 Å². The van der Waals surface area contributed by atoms with Gasteiger partial charge in [-0.15, -0.1) is 0 Å². The number of esters is 1. The summed E-state index contributed by atoms with van der Waals surface area (Å²) in [4.78, 5) is 60.6. The molecule has 2 fully saturated rings. The third kappa shape index (κ3) is 6.38. The number of likely N-dealkylation sites (tertiary alicyclic amines) is 1. The number of aliphatic hydroxyl groups excluding tert-OH is 1. The number of aliphatic hydroxyl groups is 1. The van der Waals surface area contributed by atoms with Crippen LogP contribution in [0.4, 0.5) is 5.69 Å². The molecule has 10 nitrogen and oxygen atoms in total. The van der Waals surface area contributed by atoms with Crippen molar-refractivity contribution in [2.24, 2.45) is 11.8 Å². The van der Waals surface area contributed by atoms with Gasteiger partial charge in [0.2, 0.25) is 11.8 Å². The van der Waals surface area contributed by atoms with Gasteiger partial charge in [0.05, 0.1) is 36.6 Å². The van der Waals surface area contributed by atoms with Crippen LogP contribution in [0.15, 0.2) is 103 Å². The molecule has 3 aromatic rings. The predicted molar refractivity (Wildman–Crippen MR) is 190 cm³/mol. The summed E-state index contributed by atoms with van der Waals surface area (Å²) in [5, 5.41) is 14.0. The highest BCUT2D eigenvalue weighted by molar-refractivity contribution is 6.06. The topological polar surface area (TPSA) is 125 Å². The number of cyclic esters (lactones) is 1. The number of hydrogen-bond donors (Lipinski definition) is 2. The zero-order chi connectivity index (χ0) is 35.7. The summed E-state index contributed by atoms with van der Waals surface area (Å²) >= 11 is 0. The maximum absolute atomic E-state index is 15.1. The van der Waals surface area contributed by atoms with Gasteiger partial charge in [-0.2, -0.15) is 0 Å². The number of nitrogens with zero attached hydrogens (tertiary/aromatic N) is 2. The molecular weight excluding hydrogens is 646 g/mol. The van der Waals surface area contributed by atoms with E-state index in [9.17, 15) is 14.7 Å². The average Bonchev–Trinajstić information content (AvgIpc) is 3.53. The molecule has 4 aliphatic heterocycles. The molecule has 0 bridgehead atoms. The van der Waals surface area contributed by atoms with Crippen molar-refractivity contribution in [1.82, 2.24) is 10.2 Å². The van der Waals surface area contributed by atoms with Crippen LogP contribution in [0, 0.1) is 25.7 Å². The van der Waals surface area contributed by atoms with Crippen LogP contribution >= 0.6 is 0 Å². The molecule has 3 amide bonds. The molecule has 2 N–H and O–H groups in total. The monoisotopic (exact) mass is 689 g/mol. The average molecular weight is 690 g/mol. The number of rotatable bonds is 6. The SMILES string of the molecule is Cc1ccc(C)c(N2CC=C[C@@]34O[C@H]5/C=C\CCC(=O)OC[C@H](c6ccccc6)NC(=O)[C@H]5[C@@H]3C(=O)N([C@@H](CO)Cc3ccccc3)[C@H]4C2=O)c1. The zero-order valence-corrected chi connectivity index (χ0v) is 28.8. The second-order valence-electron chi connectivity index (χ2n) is 13.9. The minimum absolute atomic E-state index is 0.0814. The van der Waals surface area contributed by atoms with Gasteiger partial charge >= 0.3 is 5.97 Å². The standard InChI is InChI=1S/C41H43N3O7/c1-26-18-19-27(2)32(22-26)43-21-11-20-41-36(39(48)44(37(41)40(43)49)30(24-45)23-28-12-5-3-6-13-28)35-33(51-41)16-9-10-17-34(46)50-25-31(42-38(35)47)29-14-7-4-8-15-29/h3-9,11-16,18-20,22,30-31,33,35-37,45H,10,17,21,23-25H2,1-2H3,(H,42,47)/b16-9-/t30-,31-,33+,35-,36-,37+,41-/m1/s1. The van der Waals surface area contributed by atoms with Crippen LogP contribution < -0.4 is 10.2 Å². The Bertz CT molecular complexity index is 1860. The van der Waals surface area contributed by atoms with Crippen molar-refractivity contribution in [3.05, 3.63) is 125 Å². The third-order valence-electron chi connectivity index (χ3n) is 10.6. The molecule has 0 aromatic heterocycles. The highest BCUT2D eigenvalue weighted by Gasteiger charge is 2.72. The van der Waals surface area contributed by atoms with Gasteiger partial charge in [0.15, 0.2) is 0 Å². The van der Waals surface area contributed by atoms with Crippen LogP contribution in [0.1, 0.15) is 41.1 Å². The molecule has 0 radical (unpaired) electrons. The Hall–Kier alpha value is -5.06. The van der Waals surface area contributed by atoms with Crippen LogP contribution in [0.3, 0.4) is 0 Å². The molecule has 0 unspecified atom stereocenters. The fraction of sp³-hybridized carbons (Fsp3) is 0.366. The summed E-state index contributed by atoms with van der Waals surface area (Å²) in [5.41, 5.74) is 2.71. The number of anilines is 1. The molecule has 7 rings (SSSR count). The van der Waals surface area contributed by atoms with Crippen molar-refractivity contribution in [1.29, 1.82) is 0 Å². The lowest BCUT2D eigenvalue weighted by molar-refractivity contribution is -0.146. The molecule has 264 valence electrons. The van der Waals surface area contributed by atoms with Crippen molar-refractivity contribution < 1.29 is 33.8 Å². The lowest BCUT2D eigenvalue weighted by Gasteiger charge is -2.39. The van der Waals surface area contributed by atoms with E-state index >= 15 is 9.59 Å². The number of nitrogens with one attached hydrogen (secondary N) is 1. The quantitative estimate of drug-likeness (QED) is 0.295. The van der Waals surface area contributed by atoms with E-state index in [0.717, 1.165) is 27.9 Å². The molecule has 7 atom stereocenters. The van der Waals surface area contributed by atoms with E-state index in [1.807, 2.05) is 98.8 Å². The Morgan fingerprint density at radius 3 is 2.43 bits per heavy atom. The maximum atomic E-state index is 15.1. The van der Waals surface area contributed by atoms with E-state index in [2.05, 4.69) is 5.32 Å². The van der Waals surface area contributed by atoms with E-state index in [1.54, 1.807) is 23.1 Å². The Balaban J connectivity index is 1.35. The molecule has 2 saturated heterocycles. The summed E-state index contributed by atoms with van der Waals surface area (Å²) in [5.74, 6) is -3.73. The van der Waals surface area contributed by atoms with E-state index in [4.69, 9.17) is 9.47 Å². The van der Waals surface area contributed by atoms with Crippen LogP contribution in [0.5, 0.6) is 0 Å². The lowest BCUT2D eigenvalue weighted by Crippen LogP contribution is -2.58. The highest BCUT2D eigenvalue weighted by atomic mass is 16.5.